The minimum atomic E-state index is -2.46. The van der Waals surface area contributed by atoms with E-state index >= 15 is 0 Å². The molecule has 0 aliphatic carbocycles. The first kappa shape index (κ1) is 20.3. The molecule has 1 N–H and O–H groups in total. The maximum absolute atomic E-state index is 12.9. The van der Waals surface area contributed by atoms with Gasteiger partial charge < -0.3 is 19.3 Å². The van der Waals surface area contributed by atoms with Gasteiger partial charge in [0, 0.05) is 32.5 Å². The molecule has 28 heavy (non-hydrogen) atoms. The van der Waals surface area contributed by atoms with Crippen molar-refractivity contribution in [1.29, 1.82) is 5.26 Å². The summed E-state index contributed by atoms with van der Waals surface area (Å²) in [7, 11) is -0.475. The van der Waals surface area contributed by atoms with E-state index in [-0.39, 0.29) is 18.1 Å². The Hall–Kier alpha value is -2.39. The fraction of sp³-hybridized carbons (Fsp3) is 0.579. The van der Waals surface area contributed by atoms with Crippen molar-refractivity contribution in [2.75, 3.05) is 44.5 Å². The zero-order valence-corrected chi connectivity index (χ0v) is 17.7. The third kappa shape index (κ3) is 4.20. The number of aromatic amines is 1. The van der Waals surface area contributed by atoms with E-state index in [2.05, 4.69) is 32.8 Å². The number of likely N-dealkylation sites (N-methyl/N-ethyl adjacent to an activating group) is 1. The van der Waals surface area contributed by atoms with E-state index in [1.165, 1.54) is 6.33 Å². The van der Waals surface area contributed by atoms with Crippen LogP contribution in [0.15, 0.2) is 18.6 Å². The Bertz CT molecular complexity index is 945. The van der Waals surface area contributed by atoms with Gasteiger partial charge in [0.2, 0.25) is 5.91 Å². The number of amides is 1. The quantitative estimate of drug-likeness (QED) is 0.770. The van der Waals surface area contributed by atoms with E-state index in [1.807, 2.05) is 19.3 Å². The molecule has 8 nitrogen and oxygen atoms in total. The molecule has 0 aromatic carbocycles. The highest BCUT2D eigenvalue weighted by atomic mass is 31.2. The maximum Gasteiger partial charge on any atom is 0.240 e. The van der Waals surface area contributed by atoms with E-state index in [0.717, 1.165) is 23.3 Å². The van der Waals surface area contributed by atoms with E-state index in [0.29, 0.717) is 19.0 Å². The Morgan fingerprint density at radius 1 is 1.50 bits per heavy atom. The van der Waals surface area contributed by atoms with E-state index in [1.54, 1.807) is 18.2 Å². The molecule has 3 atom stereocenters. The van der Waals surface area contributed by atoms with Crippen molar-refractivity contribution in [3.63, 3.8) is 0 Å². The van der Waals surface area contributed by atoms with Crippen LogP contribution in [0.3, 0.4) is 0 Å². The zero-order valence-electron chi connectivity index (χ0n) is 16.8. The van der Waals surface area contributed by atoms with Crippen molar-refractivity contribution in [1.82, 2.24) is 19.9 Å². The van der Waals surface area contributed by atoms with Gasteiger partial charge in [-0.2, -0.15) is 5.26 Å². The summed E-state index contributed by atoms with van der Waals surface area (Å²) in [6, 6.07) is 4.08. The number of rotatable bonds is 5. The first-order valence-electron chi connectivity index (χ1n) is 9.44. The van der Waals surface area contributed by atoms with Gasteiger partial charge in [0.1, 0.15) is 23.7 Å². The molecule has 1 aliphatic rings. The second-order valence-corrected chi connectivity index (χ2v) is 11.6. The normalized spacial score (nSPS) is 21.3. The average molecular weight is 402 g/mol. The van der Waals surface area contributed by atoms with Gasteiger partial charge in [0.15, 0.2) is 0 Å². The van der Waals surface area contributed by atoms with Crippen molar-refractivity contribution < 1.29 is 9.36 Å². The molecule has 3 unspecified atom stereocenters. The number of H-pyrrole nitrogens is 1. The molecule has 1 aliphatic heterocycles. The summed E-state index contributed by atoms with van der Waals surface area (Å²) in [4.78, 5) is 28.6. The summed E-state index contributed by atoms with van der Waals surface area (Å²) >= 11 is 0. The highest BCUT2D eigenvalue weighted by molar-refractivity contribution is 7.62. The first-order valence-corrected chi connectivity index (χ1v) is 12.2. The number of aromatic nitrogens is 3. The molecule has 1 fully saturated rings. The summed E-state index contributed by atoms with van der Waals surface area (Å²) in [6.07, 6.45) is 4.34. The Morgan fingerprint density at radius 2 is 2.25 bits per heavy atom. The van der Waals surface area contributed by atoms with Crippen LogP contribution in [-0.2, 0) is 9.36 Å². The molecule has 9 heteroatoms. The summed E-state index contributed by atoms with van der Waals surface area (Å²) in [5, 5.41) is 10.4. The van der Waals surface area contributed by atoms with Gasteiger partial charge in [-0.15, -0.1) is 0 Å². The number of carbonyl (C=O) groups is 1. The molecule has 1 amide bonds. The lowest BCUT2D eigenvalue weighted by Crippen LogP contribution is -2.54. The number of anilines is 1. The van der Waals surface area contributed by atoms with Gasteiger partial charge in [-0.05, 0) is 31.7 Å². The lowest BCUT2D eigenvalue weighted by Gasteiger charge is -2.42. The number of nitriles is 1. The maximum atomic E-state index is 12.9. The second-order valence-electron chi connectivity index (χ2n) is 8.10. The molecule has 0 bridgehead atoms. The van der Waals surface area contributed by atoms with Crippen LogP contribution in [0.1, 0.15) is 13.3 Å². The van der Waals surface area contributed by atoms with Crippen LogP contribution in [0, 0.1) is 23.2 Å². The third-order valence-electron chi connectivity index (χ3n) is 5.47. The summed E-state index contributed by atoms with van der Waals surface area (Å²) in [5.41, 5.74) is 0.777. The number of hydrogen-bond donors (Lipinski definition) is 1. The van der Waals surface area contributed by atoms with E-state index in [4.69, 9.17) is 0 Å². The molecular weight excluding hydrogens is 375 g/mol. The van der Waals surface area contributed by atoms with E-state index < -0.39 is 13.1 Å². The number of piperidine rings is 1. The highest BCUT2D eigenvalue weighted by Crippen LogP contribution is 2.39. The molecule has 2 aromatic rings. The van der Waals surface area contributed by atoms with Gasteiger partial charge in [0.05, 0.1) is 24.6 Å². The minimum absolute atomic E-state index is 0.0695. The van der Waals surface area contributed by atoms with Crippen molar-refractivity contribution in [3.8, 4) is 6.07 Å². The second kappa shape index (κ2) is 7.92. The molecule has 150 valence electrons. The van der Waals surface area contributed by atoms with Crippen molar-refractivity contribution in [3.05, 3.63) is 18.6 Å². The van der Waals surface area contributed by atoms with Gasteiger partial charge >= 0.3 is 0 Å². The van der Waals surface area contributed by atoms with Crippen LogP contribution in [0.5, 0.6) is 0 Å². The predicted octanol–water partition coefficient (Wildman–Crippen LogP) is 2.39. The summed E-state index contributed by atoms with van der Waals surface area (Å²) < 4.78 is 12.1. The largest absolute Gasteiger partial charge is 0.354 e. The topological polar surface area (TPSA) is 106 Å². The van der Waals surface area contributed by atoms with Gasteiger partial charge in [-0.25, -0.2) is 9.97 Å². The number of carbonyl (C=O) groups excluding carboxylic acids is 1. The SMILES string of the molecule is CC1CCN(C(=O)C(C#N)CP(C)(C)=O)CC1N(C)c1ncnc2[nH]ccc12. The Labute approximate surface area is 165 Å². The molecule has 0 saturated carbocycles. The predicted molar refractivity (Wildman–Crippen MR) is 110 cm³/mol. The van der Waals surface area contributed by atoms with Crippen LogP contribution in [0.4, 0.5) is 5.82 Å². The van der Waals surface area contributed by atoms with Gasteiger partial charge in [0.25, 0.3) is 0 Å². The zero-order chi connectivity index (χ0) is 20.5. The van der Waals surface area contributed by atoms with Gasteiger partial charge in [-0.3, -0.25) is 4.79 Å². The van der Waals surface area contributed by atoms with E-state index in [9.17, 15) is 14.6 Å². The smallest absolute Gasteiger partial charge is 0.240 e. The minimum Gasteiger partial charge on any atom is -0.354 e. The molecule has 0 radical (unpaired) electrons. The lowest BCUT2D eigenvalue weighted by atomic mass is 9.91. The standard InChI is InChI=1S/C19H27N6O2P/c1-13-6-8-25(19(26)14(9-20)11-28(3,4)27)10-16(13)24(2)18-15-5-7-21-17(15)22-12-23-18/h5,7,12-14,16H,6,8,10-11H2,1-4H3,(H,21,22,23). The van der Waals surface area contributed by atoms with Crippen LogP contribution in [0.2, 0.25) is 0 Å². The molecule has 2 aromatic heterocycles. The number of hydrogen-bond acceptors (Lipinski definition) is 6. The molecule has 3 rings (SSSR count). The fourth-order valence-electron chi connectivity index (χ4n) is 3.88. The van der Waals surface area contributed by atoms with Crippen LogP contribution in [0.25, 0.3) is 11.0 Å². The molecule has 3 heterocycles. The highest BCUT2D eigenvalue weighted by Gasteiger charge is 2.36. The summed E-state index contributed by atoms with van der Waals surface area (Å²) in [5.74, 6) is 0.115. The molecular formula is C19H27N6O2P. The third-order valence-corrected chi connectivity index (χ3v) is 6.72. The number of likely N-dealkylation sites (tertiary alicyclic amines) is 1. The van der Waals surface area contributed by atoms with Crippen molar-refractivity contribution >= 4 is 29.9 Å². The average Bonchev–Trinajstić information content (AvgIpc) is 3.13. The fourth-order valence-corrected chi connectivity index (χ4v) is 5.00. The van der Waals surface area contributed by atoms with Gasteiger partial charge in [-0.1, -0.05) is 6.92 Å². The molecule has 1 saturated heterocycles. The Balaban J connectivity index is 1.81. The van der Waals surface area contributed by atoms with Crippen molar-refractivity contribution in [2.45, 2.75) is 19.4 Å². The first-order chi connectivity index (χ1) is 13.2. The lowest BCUT2D eigenvalue weighted by molar-refractivity contribution is -0.134. The number of nitrogens with one attached hydrogen (secondary N) is 1. The number of nitrogens with zero attached hydrogens (tertiary/aromatic N) is 5. The Kier molecular flexibility index (Phi) is 5.76. The van der Waals surface area contributed by atoms with Crippen LogP contribution < -0.4 is 4.90 Å². The molecule has 0 spiro atoms. The number of fused-ring (bicyclic) bond motifs is 1. The monoisotopic (exact) mass is 402 g/mol. The summed E-state index contributed by atoms with van der Waals surface area (Å²) in [6.45, 7) is 6.55. The van der Waals surface area contributed by atoms with Crippen LogP contribution in [-0.4, -0.2) is 71.4 Å². The van der Waals surface area contributed by atoms with Crippen molar-refractivity contribution in [2.24, 2.45) is 11.8 Å². The van der Waals surface area contributed by atoms with Crippen LogP contribution >= 0.6 is 7.14 Å². The Morgan fingerprint density at radius 3 is 2.93 bits per heavy atom.